The molecule has 0 spiro atoms. The van der Waals surface area contributed by atoms with Gasteiger partial charge in [0.25, 0.3) is 10.2 Å². The van der Waals surface area contributed by atoms with Gasteiger partial charge in [-0.05, 0) is 13.8 Å². The molecule has 0 heterocycles. The highest BCUT2D eigenvalue weighted by Crippen LogP contribution is 2.05. The van der Waals surface area contributed by atoms with Gasteiger partial charge in [0, 0.05) is 13.1 Å². The molecule has 0 saturated heterocycles. The summed E-state index contributed by atoms with van der Waals surface area (Å²) in [4.78, 5) is 0. The van der Waals surface area contributed by atoms with Crippen molar-refractivity contribution in [1.29, 1.82) is 5.26 Å². The van der Waals surface area contributed by atoms with Crippen LogP contribution >= 0.6 is 0 Å². The molecule has 0 bridgehead atoms. The van der Waals surface area contributed by atoms with E-state index in [9.17, 15) is 8.42 Å². The van der Waals surface area contributed by atoms with Gasteiger partial charge in [-0.25, -0.2) is 0 Å². The molecule has 0 amide bonds. The molecule has 0 aliphatic rings. The van der Waals surface area contributed by atoms with Crippen LogP contribution in [0.4, 0.5) is 0 Å². The van der Waals surface area contributed by atoms with Crippen LogP contribution < -0.4 is 4.72 Å². The Hall–Kier alpha value is -0.640. The zero-order valence-electron chi connectivity index (χ0n) is 9.03. The van der Waals surface area contributed by atoms with Crippen LogP contribution in [-0.4, -0.2) is 31.4 Å². The maximum absolute atomic E-state index is 11.6. The van der Waals surface area contributed by atoms with Crippen molar-refractivity contribution in [2.75, 3.05) is 13.1 Å². The van der Waals surface area contributed by atoms with Gasteiger partial charge >= 0.3 is 0 Å². The third-order valence-electron chi connectivity index (χ3n) is 1.71. The molecule has 0 fully saturated rings. The van der Waals surface area contributed by atoms with Crippen molar-refractivity contribution in [3.63, 3.8) is 0 Å². The first kappa shape index (κ1) is 13.4. The number of nitrogens with zero attached hydrogens (tertiary/aromatic N) is 2. The number of hydrogen-bond acceptors (Lipinski definition) is 3. The van der Waals surface area contributed by atoms with Crippen molar-refractivity contribution in [2.24, 2.45) is 0 Å². The van der Waals surface area contributed by atoms with E-state index in [2.05, 4.69) is 4.72 Å². The average molecular weight is 219 g/mol. The number of nitrogens with one attached hydrogen (secondary N) is 1. The molecule has 0 radical (unpaired) electrons. The van der Waals surface area contributed by atoms with Gasteiger partial charge in [-0.2, -0.15) is 22.7 Å². The smallest absolute Gasteiger partial charge is 0.196 e. The van der Waals surface area contributed by atoms with Gasteiger partial charge in [0.05, 0.1) is 6.07 Å². The van der Waals surface area contributed by atoms with Crippen LogP contribution in [0.3, 0.4) is 0 Å². The van der Waals surface area contributed by atoms with E-state index in [1.54, 1.807) is 13.8 Å². The lowest BCUT2D eigenvalue weighted by atomic mass is 10.1. The molecule has 0 aromatic carbocycles. The Bertz CT molecular complexity index is 312. The van der Waals surface area contributed by atoms with Gasteiger partial charge in [0.1, 0.15) is 5.54 Å². The Labute approximate surface area is 85.9 Å². The molecule has 0 aliphatic carbocycles. The van der Waals surface area contributed by atoms with Crippen LogP contribution in [0.2, 0.25) is 0 Å². The quantitative estimate of drug-likeness (QED) is 0.730. The van der Waals surface area contributed by atoms with E-state index in [1.807, 2.05) is 6.07 Å². The fourth-order valence-corrected chi connectivity index (χ4v) is 2.47. The van der Waals surface area contributed by atoms with Gasteiger partial charge in [-0.15, -0.1) is 0 Å². The highest BCUT2D eigenvalue weighted by atomic mass is 32.2. The first-order valence-electron chi connectivity index (χ1n) is 4.49. The van der Waals surface area contributed by atoms with Crippen LogP contribution in [0.1, 0.15) is 27.7 Å². The van der Waals surface area contributed by atoms with Crippen molar-refractivity contribution in [3.05, 3.63) is 0 Å². The molecule has 0 aromatic heterocycles. The predicted octanol–water partition coefficient (Wildman–Crippen LogP) is 0.465. The van der Waals surface area contributed by atoms with Gasteiger partial charge in [-0.3, -0.25) is 0 Å². The summed E-state index contributed by atoms with van der Waals surface area (Å²) in [6.07, 6.45) is 0. The van der Waals surface area contributed by atoms with Crippen molar-refractivity contribution < 1.29 is 8.42 Å². The van der Waals surface area contributed by atoms with Crippen molar-refractivity contribution in [1.82, 2.24) is 9.03 Å². The summed E-state index contributed by atoms with van der Waals surface area (Å²) in [6.45, 7) is 7.34. The second-order valence-corrected chi connectivity index (χ2v) is 5.10. The normalized spacial score (nSPS) is 12.9. The summed E-state index contributed by atoms with van der Waals surface area (Å²) in [6, 6.07) is 1.88. The second-order valence-electron chi connectivity index (χ2n) is 3.43. The molecule has 0 aromatic rings. The zero-order valence-corrected chi connectivity index (χ0v) is 9.85. The Morgan fingerprint density at radius 3 is 2.07 bits per heavy atom. The lowest BCUT2D eigenvalue weighted by Gasteiger charge is -2.24. The van der Waals surface area contributed by atoms with Crippen molar-refractivity contribution in [2.45, 2.75) is 33.2 Å². The summed E-state index contributed by atoms with van der Waals surface area (Å²) in [5.74, 6) is 0. The minimum atomic E-state index is -3.53. The standard InChI is InChI=1S/C8H17N3O2S/c1-5-11(6-2)14(12,13)10-8(3,4)7-9/h10H,5-6H2,1-4H3. The summed E-state index contributed by atoms with van der Waals surface area (Å²) in [5, 5.41) is 8.69. The van der Waals surface area contributed by atoms with Crippen LogP contribution in [0.25, 0.3) is 0 Å². The Balaban J connectivity index is 4.75. The molecule has 0 aliphatic heterocycles. The van der Waals surface area contributed by atoms with E-state index >= 15 is 0 Å². The monoisotopic (exact) mass is 219 g/mol. The summed E-state index contributed by atoms with van der Waals surface area (Å²) in [5.41, 5.74) is -1.07. The van der Waals surface area contributed by atoms with Gasteiger partial charge in [0.15, 0.2) is 0 Å². The molecule has 5 nitrogen and oxygen atoms in total. The minimum Gasteiger partial charge on any atom is -0.196 e. The zero-order chi connectivity index (χ0) is 11.4. The third-order valence-corrected chi connectivity index (χ3v) is 3.67. The molecular formula is C8H17N3O2S. The number of rotatable bonds is 5. The van der Waals surface area contributed by atoms with E-state index in [0.29, 0.717) is 13.1 Å². The Morgan fingerprint density at radius 2 is 1.79 bits per heavy atom. The summed E-state index contributed by atoms with van der Waals surface area (Å²) < 4.78 is 26.9. The highest BCUT2D eigenvalue weighted by Gasteiger charge is 2.27. The molecule has 0 rings (SSSR count). The largest absolute Gasteiger partial charge is 0.280 e. The minimum absolute atomic E-state index is 0.396. The molecule has 0 atom stereocenters. The van der Waals surface area contributed by atoms with Crippen molar-refractivity contribution >= 4 is 10.2 Å². The van der Waals surface area contributed by atoms with E-state index < -0.39 is 15.7 Å². The Morgan fingerprint density at radius 1 is 1.36 bits per heavy atom. The van der Waals surface area contributed by atoms with E-state index in [4.69, 9.17) is 5.26 Å². The summed E-state index contributed by atoms with van der Waals surface area (Å²) >= 11 is 0. The molecule has 82 valence electrons. The SMILES string of the molecule is CCN(CC)S(=O)(=O)NC(C)(C)C#N. The average Bonchev–Trinajstić information content (AvgIpc) is 2.04. The lowest BCUT2D eigenvalue weighted by molar-refractivity contribution is 0.420. The first-order chi connectivity index (χ1) is 6.29. The molecule has 6 heteroatoms. The maximum Gasteiger partial charge on any atom is 0.280 e. The second kappa shape index (κ2) is 4.73. The Kier molecular flexibility index (Phi) is 4.52. The van der Waals surface area contributed by atoms with Crippen LogP contribution in [-0.2, 0) is 10.2 Å². The van der Waals surface area contributed by atoms with E-state index in [1.165, 1.54) is 18.2 Å². The molecule has 14 heavy (non-hydrogen) atoms. The lowest BCUT2D eigenvalue weighted by Crippen LogP contribution is -2.49. The van der Waals surface area contributed by atoms with Gasteiger partial charge < -0.3 is 0 Å². The summed E-state index contributed by atoms with van der Waals surface area (Å²) in [7, 11) is -3.53. The predicted molar refractivity (Wildman–Crippen MR) is 54.7 cm³/mol. The number of nitriles is 1. The highest BCUT2D eigenvalue weighted by molar-refractivity contribution is 7.87. The number of hydrogen-bond donors (Lipinski definition) is 1. The maximum atomic E-state index is 11.6. The topological polar surface area (TPSA) is 73.2 Å². The van der Waals surface area contributed by atoms with E-state index in [0.717, 1.165) is 0 Å². The molecule has 0 saturated carbocycles. The van der Waals surface area contributed by atoms with Gasteiger partial charge in [0.2, 0.25) is 0 Å². The fourth-order valence-electron chi connectivity index (χ4n) is 0.973. The van der Waals surface area contributed by atoms with Crippen LogP contribution in [0.15, 0.2) is 0 Å². The van der Waals surface area contributed by atoms with Gasteiger partial charge in [-0.1, -0.05) is 13.8 Å². The molecular weight excluding hydrogens is 202 g/mol. The van der Waals surface area contributed by atoms with E-state index in [-0.39, 0.29) is 0 Å². The molecule has 1 N–H and O–H groups in total. The fraction of sp³-hybridized carbons (Fsp3) is 0.875. The van der Waals surface area contributed by atoms with Crippen LogP contribution in [0, 0.1) is 11.3 Å². The third kappa shape index (κ3) is 3.62. The van der Waals surface area contributed by atoms with Crippen molar-refractivity contribution in [3.8, 4) is 6.07 Å². The molecule has 0 unspecified atom stereocenters. The first-order valence-corrected chi connectivity index (χ1v) is 5.93. The van der Waals surface area contributed by atoms with Crippen LogP contribution in [0.5, 0.6) is 0 Å².